The molecule has 3 aromatic carbocycles. The van der Waals surface area contributed by atoms with Crippen molar-refractivity contribution in [1.29, 1.82) is 0 Å². The minimum Gasteiger partial charge on any atom is -0.497 e. The summed E-state index contributed by atoms with van der Waals surface area (Å²) in [4.78, 5) is 60.3. The Labute approximate surface area is 281 Å². The van der Waals surface area contributed by atoms with Crippen LogP contribution in [-0.2, 0) is 33.9 Å². The van der Waals surface area contributed by atoms with Crippen molar-refractivity contribution in [3.63, 3.8) is 0 Å². The lowest BCUT2D eigenvalue weighted by molar-refractivity contribution is -0.157. The van der Waals surface area contributed by atoms with Crippen molar-refractivity contribution in [2.24, 2.45) is 0 Å². The Kier molecular flexibility index (Phi) is 9.42. The Morgan fingerprint density at radius 1 is 1.15 bits per heavy atom. The Bertz CT molecular complexity index is 1870. The van der Waals surface area contributed by atoms with Gasteiger partial charge in [-0.2, -0.15) is 5.01 Å². The molecule has 0 radical (unpaired) electrons. The summed E-state index contributed by atoms with van der Waals surface area (Å²) in [6, 6.07) is 18.8. The molecule has 2 aliphatic heterocycles. The number of carbonyl (C=O) groups is 4. The van der Waals surface area contributed by atoms with E-state index in [-0.39, 0.29) is 51.0 Å². The summed E-state index contributed by atoms with van der Waals surface area (Å²) in [5.41, 5.74) is 9.80. The van der Waals surface area contributed by atoms with Crippen molar-refractivity contribution in [2.75, 3.05) is 37.8 Å². The number of amides is 5. The van der Waals surface area contributed by atoms with Crippen LogP contribution in [0.2, 0.25) is 0 Å². The molecule has 4 N–H and O–H groups in total. The van der Waals surface area contributed by atoms with E-state index in [2.05, 4.69) is 21.5 Å². The summed E-state index contributed by atoms with van der Waals surface area (Å²) in [6.07, 6.45) is 5.87. The molecule has 14 heteroatoms. The van der Waals surface area contributed by atoms with Crippen molar-refractivity contribution < 1.29 is 23.9 Å². The number of hydrogen-bond acceptors (Lipinski definition) is 9. The number of hydrazine groups is 1. The van der Waals surface area contributed by atoms with Crippen LogP contribution in [0.15, 0.2) is 66.7 Å². The van der Waals surface area contributed by atoms with Crippen LogP contribution in [0.4, 0.5) is 15.6 Å². The second-order valence-electron chi connectivity index (χ2n) is 11.4. The lowest BCUT2D eigenvalue weighted by Crippen LogP contribution is -2.66. The molecule has 0 aliphatic carbocycles. The SMILES string of the molecule is C#CCN(C(=O)NCc1ccc(OC)cc1)N1CC(=O)N2[C@@H](Cc3ccc(NC=O)cc3)C(=O)N(Cc3cccc4sc(N)nc34)C[C@@H]21. The van der Waals surface area contributed by atoms with E-state index in [0.717, 1.165) is 26.9 Å². The van der Waals surface area contributed by atoms with Crippen LogP contribution in [0.5, 0.6) is 5.75 Å². The number of benzene rings is 3. The number of methoxy groups -OCH3 is 1. The Morgan fingerprint density at radius 2 is 1.90 bits per heavy atom. The Hall–Kier alpha value is -5.65. The molecule has 48 heavy (non-hydrogen) atoms. The number of fused-ring (bicyclic) bond motifs is 2. The van der Waals surface area contributed by atoms with Gasteiger partial charge in [-0.3, -0.25) is 14.4 Å². The summed E-state index contributed by atoms with van der Waals surface area (Å²) in [7, 11) is 1.58. The number of piperazine rings is 1. The fourth-order valence-electron chi connectivity index (χ4n) is 6.15. The Balaban J connectivity index is 1.30. The van der Waals surface area contributed by atoms with Crippen molar-refractivity contribution in [1.82, 2.24) is 30.1 Å². The number of rotatable bonds is 11. The minimum atomic E-state index is -0.860. The predicted octanol–water partition coefficient (Wildman–Crippen LogP) is 2.64. The summed E-state index contributed by atoms with van der Waals surface area (Å²) in [6.45, 7) is 0.353. The molecule has 2 atom stereocenters. The fraction of sp³-hybridized carbons (Fsp3) is 0.265. The highest BCUT2D eigenvalue weighted by molar-refractivity contribution is 7.22. The number of nitrogen functional groups attached to an aromatic ring is 1. The molecule has 4 aromatic rings. The normalized spacial score (nSPS) is 17.6. The molecule has 2 fully saturated rings. The maximum atomic E-state index is 14.3. The smallest absolute Gasteiger partial charge is 0.333 e. The van der Waals surface area contributed by atoms with Crippen LogP contribution in [0.3, 0.4) is 0 Å². The number of anilines is 2. The molecule has 2 saturated heterocycles. The van der Waals surface area contributed by atoms with Gasteiger partial charge in [0.15, 0.2) is 5.13 Å². The maximum absolute atomic E-state index is 14.3. The van der Waals surface area contributed by atoms with Gasteiger partial charge in [-0.1, -0.05) is 53.7 Å². The largest absolute Gasteiger partial charge is 0.497 e. The van der Waals surface area contributed by atoms with Crippen molar-refractivity contribution in [3.05, 3.63) is 83.4 Å². The number of ether oxygens (including phenoxy) is 1. The molecule has 2 aliphatic rings. The van der Waals surface area contributed by atoms with Crippen molar-refractivity contribution in [3.8, 4) is 18.1 Å². The number of carbonyl (C=O) groups excluding carboxylic acids is 4. The van der Waals surface area contributed by atoms with Crippen LogP contribution in [0.1, 0.15) is 16.7 Å². The van der Waals surface area contributed by atoms with Gasteiger partial charge >= 0.3 is 6.03 Å². The van der Waals surface area contributed by atoms with E-state index in [4.69, 9.17) is 16.9 Å². The molecule has 0 unspecified atom stereocenters. The van der Waals surface area contributed by atoms with E-state index < -0.39 is 18.2 Å². The van der Waals surface area contributed by atoms with Gasteiger partial charge in [-0.05, 0) is 47.0 Å². The highest BCUT2D eigenvalue weighted by atomic mass is 32.1. The zero-order valence-electron chi connectivity index (χ0n) is 26.2. The summed E-state index contributed by atoms with van der Waals surface area (Å²) in [5.74, 6) is 2.72. The van der Waals surface area contributed by atoms with Crippen molar-refractivity contribution in [2.45, 2.75) is 31.7 Å². The molecule has 0 bridgehead atoms. The first-order valence-electron chi connectivity index (χ1n) is 15.2. The van der Waals surface area contributed by atoms with Crippen LogP contribution >= 0.6 is 11.3 Å². The van der Waals surface area contributed by atoms with Gasteiger partial charge in [0.05, 0.1) is 37.0 Å². The van der Waals surface area contributed by atoms with Gasteiger partial charge in [0.25, 0.3) is 0 Å². The number of thiazole rings is 1. The third-order valence-corrected chi connectivity index (χ3v) is 9.29. The molecule has 0 saturated carbocycles. The number of hydrogen-bond donors (Lipinski definition) is 3. The van der Waals surface area contributed by atoms with E-state index in [0.29, 0.717) is 23.0 Å². The van der Waals surface area contributed by atoms with Crippen LogP contribution < -0.4 is 21.1 Å². The fourth-order valence-corrected chi connectivity index (χ4v) is 6.93. The molecule has 1 aromatic heterocycles. The van der Waals surface area contributed by atoms with Gasteiger partial charge in [0, 0.05) is 25.2 Å². The number of nitrogens with zero attached hydrogens (tertiary/aromatic N) is 5. The molecule has 6 rings (SSSR count). The first kappa shape index (κ1) is 32.3. The van der Waals surface area contributed by atoms with Gasteiger partial charge in [-0.25, -0.2) is 14.8 Å². The Morgan fingerprint density at radius 3 is 2.60 bits per heavy atom. The number of terminal acetylenes is 1. The molecule has 246 valence electrons. The summed E-state index contributed by atoms with van der Waals surface area (Å²) < 4.78 is 6.12. The third-order valence-electron chi connectivity index (χ3n) is 8.44. The van der Waals surface area contributed by atoms with Crippen LogP contribution in [-0.4, -0.2) is 88.0 Å². The molecular weight excluding hydrogens is 632 g/mol. The number of aromatic nitrogens is 1. The molecule has 13 nitrogen and oxygen atoms in total. The van der Waals surface area contributed by atoms with Gasteiger partial charge in [0.1, 0.15) is 18.0 Å². The maximum Gasteiger partial charge on any atom is 0.333 e. The van der Waals surface area contributed by atoms with E-state index >= 15 is 0 Å². The summed E-state index contributed by atoms with van der Waals surface area (Å²) in [5, 5.41) is 8.95. The van der Waals surface area contributed by atoms with E-state index in [1.165, 1.54) is 16.3 Å². The lowest BCUT2D eigenvalue weighted by Gasteiger charge is -2.46. The highest BCUT2D eigenvalue weighted by Crippen LogP contribution is 2.32. The average molecular weight is 667 g/mol. The first-order valence-corrected chi connectivity index (χ1v) is 16.0. The second-order valence-corrected chi connectivity index (χ2v) is 12.4. The first-order chi connectivity index (χ1) is 23.3. The van der Waals surface area contributed by atoms with E-state index in [1.807, 2.05) is 30.3 Å². The molecule has 0 spiro atoms. The van der Waals surface area contributed by atoms with Gasteiger partial charge in [0.2, 0.25) is 18.2 Å². The molecule has 3 heterocycles. The second kappa shape index (κ2) is 14.0. The highest BCUT2D eigenvalue weighted by Gasteiger charge is 2.52. The van der Waals surface area contributed by atoms with E-state index in [9.17, 15) is 19.2 Å². The summed E-state index contributed by atoms with van der Waals surface area (Å²) >= 11 is 1.37. The van der Waals surface area contributed by atoms with E-state index in [1.54, 1.807) is 58.3 Å². The lowest BCUT2D eigenvalue weighted by atomic mass is 9.99. The molecular formula is C34H34N8O5S. The van der Waals surface area contributed by atoms with Crippen LogP contribution in [0, 0.1) is 12.3 Å². The van der Waals surface area contributed by atoms with Gasteiger partial charge in [-0.15, -0.1) is 6.42 Å². The standard InChI is InChI=1S/C34H34N8O5S/c1-3-15-40(34(46)36-17-23-9-13-26(47-2)14-10-23)41-20-30(44)42-27(16-22-7-11-25(12-8-22)37-21-43)32(45)39(19-29(41)42)18-24-5-4-6-28-31(24)38-33(35)48-28/h1,4-14,21,27,29H,15-20H2,2H3,(H2,35,38)(H,36,46)(H,37,43)/t27-,29+/m0/s1. The van der Waals surface area contributed by atoms with Gasteiger partial charge < -0.3 is 30.9 Å². The zero-order valence-corrected chi connectivity index (χ0v) is 27.0. The topological polar surface area (TPSA) is 153 Å². The quantitative estimate of drug-likeness (QED) is 0.163. The zero-order chi connectivity index (χ0) is 33.8. The minimum absolute atomic E-state index is 0.0900. The van der Waals surface area contributed by atoms with Crippen molar-refractivity contribution >= 4 is 56.6 Å². The number of urea groups is 1. The third kappa shape index (κ3) is 6.59. The number of nitrogens with one attached hydrogen (secondary N) is 2. The average Bonchev–Trinajstić information content (AvgIpc) is 3.64. The molecule has 5 amide bonds. The number of nitrogens with two attached hydrogens (primary N) is 1. The predicted molar refractivity (Wildman–Crippen MR) is 181 cm³/mol. The number of para-hydroxylation sites is 1. The monoisotopic (exact) mass is 666 g/mol. The van der Waals surface area contributed by atoms with Crippen LogP contribution in [0.25, 0.3) is 10.2 Å².